The molecular formula is C21H21ClN4O2. The normalized spacial score (nSPS) is 10.4. The number of nitrogens with zero attached hydrogens (tertiary/aromatic N) is 2. The fourth-order valence-corrected chi connectivity index (χ4v) is 2.85. The number of para-hydroxylation sites is 1. The minimum Gasteiger partial charge on any atom is -0.462 e. The Bertz CT molecular complexity index is 949. The second-order valence-corrected chi connectivity index (χ2v) is 6.40. The van der Waals surface area contributed by atoms with Crippen molar-refractivity contribution in [1.82, 2.24) is 9.97 Å². The van der Waals surface area contributed by atoms with Gasteiger partial charge in [0, 0.05) is 17.8 Å². The first-order valence-corrected chi connectivity index (χ1v) is 9.38. The zero-order chi connectivity index (χ0) is 19.8. The lowest BCUT2D eigenvalue weighted by Crippen LogP contribution is -2.10. The van der Waals surface area contributed by atoms with Crippen LogP contribution in [0.4, 0.5) is 17.5 Å². The van der Waals surface area contributed by atoms with Gasteiger partial charge < -0.3 is 15.4 Å². The molecule has 0 aliphatic rings. The number of halogens is 1. The molecule has 28 heavy (non-hydrogen) atoms. The van der Waals surface area contributed by atoms with Gasteiger partial charge in [0.25, 0.3) is 0 Å². The fourth-order valence-electron chi connectivity index (χ4n) is 2.64. The summed E-state index contributed by atoms with van der Waals surface area (Å²) in [6, 6.07) is 16.6. The first-order valence-electron chi connectivity index (χ1n) is 9.00. The average molecular weight is 397 g/mol. The number of rotatable bonds is 8. The van der Waals surface area contributed by atoms with E-state index in [9.17, 15) is 4.79 Å². The Labute approximate surface area is 168 Å². The second kappa shape index (κ2) is 9.71. The zero-order valence-electron chi connectivity index (χ0n) is 15.5. The third-order valence-corrected chi connectivity index (χ3v) is 4.16. The van der Waals surface area contributed by atoms with Gasteiger partial charge in [-0.3, -0.25) is 0 Å². The van der Waals surface area contributed by atoms with Crippen LogP contribution in [0.25, 0.3) is 0 Å². The Kier molecular flexibility index (Phi) is 6.81. The van der Waals surface area contributed by atoms with E-state index >= 15 is 0 Å². The van der Waals surface area contributed by atoms with Gasteiger partial charge in [-0.25, -0.2) is 9.78 Å². The van der Waals surface area contributed by atoms with Gasteiger partial charge in [0.15, 0.2) is 0 Å². The molecule has 0 aliphatic carbocycles. The summed E-state index contributed by atoms with van der Waals surface area (Å²) < 4.78 is 5.10. The molecule has 0 radical (unpaired) electrons. The second-order valence-electron chi connectivity index (χ2n) is 5.96. The molecule has 1 aromatic heterocycles. The largest absolute Gasteiger partial charge is 0.462 e. The third kappa shape index (κ3) is 5.44. The first-order chi connectivity index (χ1) is 13.7. The quantitative estimate of drug-likeness (QED) is 0.537. The predicted molar refractivity (Wildman–Crippen MR) is 111 cm³/mol. The van der Waals surface area contributed by atoms with Crippen molar-refractivity contribution in [2.24, 2.45) is 0 Å². The molecule has 0 spiro atoms. The molecule has 0 fully saturated rings. The molecule has 7 heteroatoms. The van der Waals surface area contributed by atoms with E-state index in [1.165, 1.54) is 0 Å². The van der Waals surface area contributed by atoms with Crippen LogP contribution in [0.5, 0.6) is 0 Å². The Morgan fingerprint density at radius 1 is 1.14 bits per heavy atom. The predicted octanol–water partition coefficient (Wildman–Crippen LogP) is 4.70. The molecule has 2 N–H and O–H groups in total. The lowest BCUT2D eigenvalue weighted by molar-refractivity contribution is 0.0527. The van der Waals surface area contributed by atoms with E-state index in [0.29, 0.717) is 36.2 Å². The van der Waals surface area contributed by atoms with Crippen LogP contribution in [0.2, 0.25) is 5.02 Å². The van der Waals surface area contributed by atoms with Crippen LogP contribution in [0, 0.1) is 0 Å². The summed E-state index contributed by atoms with van der Waals surface area (Å²) in [5, 5.41) is 7.08. The van der Waals surface area contributed by atoms with Crippen molar-refractivity contribution in [2.45, 2.75) is 13.3 Å². The van der Waals surface area contributed by atoms with Crippen LogP contribution in [-0.2, 0) is 11.2 Å². The number of anilines is 3. The van der Waals surface area contributed by atoms with Gasteiger partial charge in [-0.2, -0.15) is 4.98 Å². The maximum Gasteiger partial charge on any atom is 0.340 e. The fraction of sp³-hybridized carbons (Fsp3) is 0.190. The topological polar surface area (TPSA) is 76.1 Å². The SMILES string of the molecule is CCOC(=O)c1ccccc1Nc1ccnc(NCCc2cccc(Cl)c2)n1. The summed E-state index contributed by atoms with van der Waals surface area (Å²) in [6.07, 6.45) is 2.46. The third-order valence-electron chi connectivity index (χ3n) is 3.93. The number of hydrogen-bond acceptors (Lipinski definition) is 6. The Morgan fingerprint density at radius 3 is 2.82 bits per heavy atom. The summed E-state index contributed by atoms with van der Waals surface area (Å²) in [4.78, 5) is 20.8. The van der Waals surface area contributed by atoms with Crippen molar-refractivity contribution in [3.05, 3.63) is 76.9 Å². The monoisotopic (exact) mass is 396 g/mol. The standard InChI is InChI=1S/C21H21ClN4O2/c1-2-28-20(27)17-8-3-4-9-18(17)25-19-11-13-24-21(26-19)23-12-10-15-6-5-7-16(22)14-15/h3-9,11,13-14H,2,10,12H2,1H3,(H2,23,24,25,26). The molecule has 3 rings (SSSR count). The molecule has 0 amide bonds. The Morgan fingerprint density at radius 2 is 2.00 bits per heavy atom. The van der Waals surface area contributed by atoms with E-state index in [1.54, 1.807) is 37.4 Å². The van der Waals surface area contributed by atoms with Crippen molar-refractivity contribution in [1.29, 1.82) is 0 Å². The summed E-state index contributed by atoms with van der Waals surface area (Å²) in [5.41, 5.74) is 2.22. The van der Waals surface area contributed by atoms with E-state index in [1.807, 2.05) is 30.3 Å². The molecule has 0 saturated carbocycles. The van der Waals surface area contributed by atoms with E-state index in [2.05, 4.69) is 20.6 Å². The van der Waals surface area contributed by atoms with Crippen LogP contribution in [0.15, 0.2) is 60.8 Å². The molecular weight excluding hydrogens is 376 g/mol. The summed E-state index contributed by atoms with van der Waals surface area (Å²) in [6.45, 7) is 2.77. The zero-order valence-corrected chi connectivity index (χ0v) is 16.2. The van der Waals surface area contributed by atoms with Crippen LogP contribution >= 0.6 is 11.6 Å². The van der Waals surface area contributed by atoms with Gasteiger partial charge in [-0.1, -0.05) is 35.9 Å². The van der Waals surface area contributed by atoms with Crippen molar-refractivity contribution in [3.8, 4) is 0 Å². The molecule has 0 aliphatic heterocycles. The van der Waals surface area contributed by atoms with Gasteiger partial charge in [-0.15, -0.1) is 0 Å². The lowest BCUT2D eigenvalue weighted by atomic mass is 10.1. The number of benzene rings is 2. The number of ether oxygens (including phenoxy) is 1. The van der Waals surface area contributed by atoms with Crippen molar-refractivity contribution >= 4 is 35.0 Å². The highest BCUT2D eigenvalue weighted by Crippen LogP contribution is 2.21. The molecule has 2 aromatic carbocycles. The number of carbonyl (C=O) groups excluding carboxylic acids is 1. The maximum absolute atomic E-state index is 12.1. The highest BCUT2D eigenvalue weighted by atomic mass is 35.5. The van der Waals surface area contributed by atoms with Gasteiger partial charge >= 0.3 is 5.97 Å². The van der Waals surface area contributed by atoms with Crippen molar-refractivity contribution in [3.63, 3.8) is 0 Å². The number of aromatic nitrogens is 2. The van der Waals surface area contributed by atoms with Gasteiger partial charge in [-0.05, 0) is 49.2 Å². The smallest absolute Gasteiger partial charge is 0.340 e. The number of hydrogen-bond donors (Lipinski definition) is 2. The first kappa shape index (κ1) is 19.6. The van der Waals surface area contributed by atoms with E-state index in [4.69, 9.17) is 16.3 Å². The van der Waals surface area contributed by atoms with E-state index in [0.717, 1.165) is 17.0 Å². The highest BCUT2D eigenvalue weighted by molar-refractivity contribution is 6.30. The molecule has 0 bridgehead atoms. The molecule has 1 heterocycles. The molecule has 144 valence electrons. The average Bonchev–Trinajstić information content (AvgIpc) is 2.69. The minimum atomic E-state index is -0.375. The Hall–Kier alpha value is -3.12. The number of carbonyl (C=O) groups is 1. The molecule has 3 aromatic rings. The number of nitrogens with one attached hydrogen (secondary N) is 2. The van der Waals surface area contributed by atoms with Gasteiger partial charge in [0.05, 0.1) is 17.9 Å². The van der Waals surface area contributed by atoms with Crippen molar-refractivity contribution in [2.75, 3.05) is 23.8 Å². The molecule has 0 unspecified atom stereocenters. The van der Waals surface area contributed by atoms with Crippen LogP contribution in [0.3, 0.4) is 0 Å². The maximum atomic E-state index is 12.1. The molecule has 0 atom stereocenters. The van der Waals surface area contributed by atoms with E-state index < -0.39 is 0 Å². The van der Waals surface area contributed by atoms with Crippen LogP contribution in [0.1, 0.15) is 22.8 Å². The summed E-state index contributed by atoms with van der Waals surface area (Å²) in [7, 11) is 0. The highest BCUT2D eigenvalue weighted by Gasteiger charge is 2.12. The van der Waals surface area contributed by atoms with E-state index in [-0.39, 0.29) is 5.97 Å². The summed E-state index contributed by atoms with van der Waals surface area (Å²) >= 11 is 6.01. The minimum absolute atomic E-state index is 0.321. The van der Waals surface area contributed by atoms with Crippen LogP contribution < -0.4 is 10.6 Å². The van der Waals surface area contributed by atoms with Crippen LogP contribution in [-0.4, -0.2) is 29.1 Å². The summed E-state index contributed by atoms with van der Waals surface area (Å²) in [5.74, 6) is 0.706. The van der Waals surface area contributed by atoms with Crippen molar-refractivity contribution < 1.29 is 9.53 Å². The Balaban J connectivity index is 1.65. The molecule has 0 saturated heterocycles. The van der Waals surface area contributed by atoms with Gasteiger partial charge in [0.1, 0.15) is 5.82 Å². The molecule has 6 nitrogen and oxygen atoms in total. The van der Waals surface area contributed by atoms with Gasteiger partial charge in [0.2, 0.25) is 5.95 Å². The number of esters is 1. The lowest BCUT2D eigenvalue weighted by Gasteiger charge is -2.11.